The number of carbonyl (C=O) groups excluding carboxylic acids is 3. The van der Waals surface area contributed by atoms with Crippen LogP contribution in [0, 0.1) is 5.82 Å². The number of hydrogen-bond donors (Lipinski definition) is 3. The zero-order valence-corrected chi connectivity index (χ0v) is 24.5. The molecule has 0 fully saturated rings. The molecule has 3 amide bonds. The molecule has 0 aliphatic rings. The van der Waals surface area contributed by atoms with Gasteiger partial charge in [0.15, 0.2) is 0 Å². The molecule has 4 rings (SSSR count). The second-order valence-corrected chi connectivity index (χ2v) is 11.2. The van der Waals surface area contributed by atoms with Crippen molar-refractivity contribution in [2.45, 2.75) is 23.2 Å². The van der Waals surface area contributed by atoms with E-state index in [1.165, 1.54) is 36.4 Å². The highest BCUT2D eigenvalue weighted by Crippen LogP contribution is 2.37. The summed E-state index contributed by atoms with van der Waals surface area (Å²) in [5.74, 6) is -2.27. The minimum Gasteiger partial charge on any atom is -0.325 e. The minimum atomic E-state index is -4.71. The molecule has 6 nitrogen and oxygen atoms in total. The molecule has 0 aromatic heterocycles. The van der Waals surface area contributed by atoms with E-state index in [1.54, 1.807) is 61.5 Å². The molecule has 0 aliphatic heterocycles. The van der Waals surface area contributed by atoms with Crippen LogP contribution in [0.15, 0.2) is 108 Å². The van der Waals surface area contributed by atoms with Crippen LogP contribution in [-0.2, 0) is 15.8 Å². The summed E-state index contributed by atoms with van der Waals surface area (Å²) in [4.78, 5) is 39.2. The Morgan fingerprint density at radius 2 is 1.52 bits per heavy atom. The van der Waals surface area contributed by atoms with E-state index in [4.69, 9.17) is 11.6 Å². The van der Waals surface area contributed by atoms with Crippen molar-refractivity contribution in [1.82, 2.24) is 5.32 Å². The first kappa shape index (κ1) is 32.3. The summed E-state index contributed by atoms with van der Waals surface area (Å²) in [5, 5.41) is 6.71. The summed E-state index contributed by atoms with van der Waals surface area (Å²) in [6.07, 6.45) is -3.30. The lowest BCUT2D eigenvalue weighted by Gasteiger charge is -2.17. The lowest BCUT2D eigenvalue weighted by molar-refractivity contribution is -0.137. The highest BCUT2D eigenvalue weighted by atomic mass is 35.5. The fourth-order valence-electron chi connectivity index (χ4n) is 3.84. The molecule has 0 saturated heterocycles. The first-order valence-corrected chi connectivity index (χ1v) is 14.2. The Hall–Kier alpha value is -4.61. The molecule has 0 spiro atoms. The Balaban J connectivity index is 1.43. The summed E-state index contributed by atoms with van der Waals surface area (Å²) < 4.78 is 53.5. The smallest absolute Gasteiger partial charge is 0.325 e. The number of nitrogens with one attached hydrogen (secondary N) is 3. The van der Waals surface area contributed by atoms with Gasteiger partial charge in [0.2, 0.25) is 5.91 Å². The van der Waals surface area contributed by atoms with Gasteiger partial charge in [-0.2, -0.15) is 13.2 Å². The lowest BCUT2D eigenvalue weighted by atomic mass is 10.1. The molecule has 0 heterocycles. The quantitative estimate of drug-likeness (QED) is 0.0981. The molecule has 44 heavy (non-hydrogen) atoms. The van der Waals surface area contributed by atoms with Gasteiger partial charge in [0.05, 0.1) is 16.5 Å². The van der Waals surface area contributed by atoms with Gasteiger partial charge in [0.25, 0.3) is 11.8 Å². The van der Waals surface area contributed by atoms with Gasteiger partial charge in [-0.25, -0.2) is 4.39 Å². The Kier molecular flexibility index (Phi) is 10.5. The van der Waals surface area contributed by atoms with E-state index in [0.717, 1.165) is 23.9 Å². The summed E-state index contributed by atoms with van der Waals surface area (Å²) in [5.41, 5.74) is -0.369. The van der Waals surface area contributed by atoms with Crippen molar-refractivity contribution in [1.29, 1.82) is 0 Å². The van der Waals surface area contributed by atoms with Crippen LogP contribution in [0.25, 0.3) is 6.08 Å². The largest absolute Gasteiger partial charge is 0.418 e. The number of amides is 3. The summed E-state index contributed by atoms with van der Waals surface area (Å²) in [6, 6.07) is 23.1. The summed E-state index contributed by atoms with van der Waals surface area (Å²) in [6.45, 7) is 1.54. The summed E-state index contributed by atoms with van der Waals surface area (Å²) >= 11 is 6.80. The minimum absolute atomic E-state index is 0.0883. The van der Waals surface area contributed by atoms with Crippen molar-refractivity contribution in [3.63, 3.8) is 0 Å². The van der Waals surface area contributed by atoms with Gasteiger partial charge < -0.3 is 16.0 Å². The first-order valence-electron chi connectivity index (χ1n) is 13.0. The second kappa shape index (κ2) is 14.2. The van der Waals surface area contributed by atoms with Crippen molar-refractivity contribution in [3.05, 3.63) is 130 Å². The van der Waals surface area contributed by atoms with Crippen molar-refractivity contribution in [2.24, 2.45) is 0 Å². The molecule has 1 atom stereocenters. The molecule has 3 N–H and O–H groups in total. The Bertz CT molecular complexity index is 1680. The number of anilines is 2. The standard InChI is InChI=1S/C32H24ClF4N3O3S/c1-19(29(41)39-27-16-9-22(33)18-26(27)32(35,36)37)44-25-14-12-24(13-15-25)38-31(43)28(17-20-7-10-23(34)11-8-20)40-30(42)21-5-3-2-4-6-21/h2-19H,1H3,(H,38,43)(H,39,41)(H,40,42)/b28-17-. The molecule has 4 aromatic carbocycles. The predicted octanol–water partition coefficient (Wildman–Crippen LogP) is 8.03. The van der Waals surface area contributed by atoms with Gasteiger partial charge in [-0.3, -0.25) is 14.4 Å². The van der Waals surface area contributed by atoms with Gasteiger partial charge in [-0.15, -0.1) is 11.8 Å². The molecule has 0 saturated carbocycles. The third-order valence-electron chi connectivity index (χ3n) is 6.05. The van der Waals surface area contributed by atoms with Gasteiger partial charge in [-0.1, -0.05) is 41.9 Å². The van der Waals surface area contributed by atoms with Crippen molar-refractivity contribution < 1.29 is 31.9 Å². The van der Waals surface area contributed by atoms with Crippen LogP contribution in [0.4, 0.5) is 28.9 Å². The predicted molar refractivity (Wildman–Crippen MR) is 164 cm³/mol. The van der Waals surface area contributed by atoms with Crippen LogP contribution in [0.5, 0.6) is 0 Å². The molecule has 0 aliphatic carbocycles. The fraction of sp³-hybridized carbons (Fsp3) is 0.0938. The van der Waals surface area contributed by atoms with Crippen LogP contribution in [0.3, 0.4) is 0 Å². The number of hydrogen-bond acceptors (Lipinski definition) is 4. The van der Waals surface area contributed by atoms with Gasteiger partial charge in [-0.05, 0) is 85.3 Å². The second-order valence-electron chi connectivity index (χ2n) is 9.35. The molecular weight excluding hydrogens is 618 g/mol. The van der Waals surface area contributed by atoms with Crippen molar-refractivity contribution in [3.8, 4) is 0 Å². The normalized spacial score (nSPS) is 12.3. The number of benzene rings is 4. The molecule has 226 valence electrons. The Morgan fingerprint density at radius 1 is 0.864 bits per heavy atom. The number of halogens is 5. The highest BCUT2D eigenvalue weighted by molar-refractivity contribution is 8.00. The van der Waals surface area contributed by atoms with E-state index >= 15 is 0 Å². The Labute approximate surface area is 259 Å². The lowest BCUT2D eigenvalue weighted by Crippen LogP contribution is -2.30. The number of alkyl halides is 3. The zero-order valence-electron chi connectivity index (χ0n) is 22.9. The van der Waals surface area contributed by atoms with E-state index in [1.807, 2.05) is 0 Å². The maximum absolute atomic E-state index is 13.4. The monoisotopic (exact) mass is 641 g/mol. The molecule has 0 radical (unpaired) electrons. The van der Waals surface area contributed by atoms with E-state index in [9.17, 15) is 31.9 Å². The van der Waals surface area contributed by atoms with Crippen LogP contribution >= 0.6 is 23.4 Å². The summed E-state index contributed by atoms with van der Waals surface area (Å²) in [7, 11) is 0. The van der Waals surface area contributed by atoms with Crippen LogP contribution < -0.4 is 16.0 Å². The van der Waals surface area contributed by atoms with Crippen molar-refractivity contribution >= 4 is 58.5 Å². The topological polar surface area (TPSA) is 87.3 Å². The first-order chi connectivity index (χ1) is 20.9. The average molecular weight is 642 g/mol. The number of thioether (sulfide) groups is 1. The third kappa shape index (κ3) is 8.95. The van der Waals surface area contributed by atoms with Gasteiger partial charge in [0, 0.05) is 21.2 Å². The van der Waals surface area contributed by atoms with Crippen LogP contribution in [0.1, 0.15) is 28.4 Å². The highest BCUT2D eigenvalue weighted by Gasteiger charge is 2.34. The molecule has 0 bridgehead atoms. The SMILES string of the molecule is CC(Sc1ccc(NC(=O)/C(=C/c2ccc(F)cc2)NC(=O)c2ccccc2)cc1)C(=O)Nc1ccc(Cl)cc1C(F)(F)F. The maximum atomic E-state index is 13.4. The van der Waals surface area contributed by atoms with Crippen molar-refractivity contribution in [2.75, 3.05) is 10.6 Å². The van der Waals surface area contributed by atoms with E-state index in [2.05, 4.69) is 16.0 Å². The molecule has 4 aromatic rings. The Morgan fingerprint density at radius 3 is 2.16 bits per heavy atom. The molecular formula is C32H24ClF4N3O3S. The van der Waals surface area contributed by atoms with Crippen LogP contribution in [0.2, 0.25) is 5.02 Å². The molecule has 1 unspecified atom stereocenters. The zero-order chi connectivity index (χ0) is 31.9. The number of carbonyl (C=O) groups is 3. The van der Waals surface area contributed by atoms with Gasteiger partial charge >= 0.3 is 6.18 Å². The van der Waals surface area contributed by atoms with Gasteiger partial charge in [0.1, 0.15) is 11.5 Å². The molecule has 12 heteroatoms. The fourth-order valence-corrected chi connectivity index (χ4v) is 4.87. The van der Waals surface area contributed by atoms with E-state index in [0.29, 0.717) is 21.7 Å². The maximum Gasteiger partial charge on any atom is 0.418 e. The third-order valence-corrected chi connectivity index (χ3v) is 7.40. The van der Waals surface area contributed by atoms with E-state index < -0.39 is 46.2 Å². The van der Waals surface area contributed by atoms with Crippen LogP contribution in [-0.4, -0.2) is 23.0 Å². The average Bonchev–Trinajstić information content (AvgIpc) is 2.99. The van der Waals surface area contributed by atoms with E-state index in [-0.39, 0.29) is 10.7 Å². The number of rotatable bonds is 9.